The fourth-order valence-electron chi connectivity index (χ4n) is 3.76. The summed E-state index contributed by atoms with van der Waals surface area (Å²) in [5.74, 6) is -1.75. The molecule has 0 saturated carbocycles. The number of nitrogens with zero attached hydrogens (tertiary/aromatic N) is 3. The summed E-state index contributed by atoms with van der Waals surface area (Å²) in [5.41, 5.74) is 0.0747. The summed E-state index contributed by atoms with van der Waals surface area (Å²) in [6, 6.07) is 6.39. The normalized spacial score (nSPS) is 21.3. The second-order valence-electron chi connectivity index (χ2n) is 9.26. The number of aliphatic hydroxyl groups excluding tert-OH is 1. The Morgan fingerprint density at radius 1 is 1.09 bits per heavy atom. The Morgan fingerprint density at radius 2 is 1.68 bits per heavy atom. The second-order valence-corrected chi connectivity index (χ2v) is 11.2. The molecule has 2 aliphatic heterocycles. The molecule has 2 saturated heterocycles. The first kappa shape index (κ1) is 26.1. The zero-order chi connectivity index (χ0) is 25.3. The zero-order valence-corrected chi connectivity index (χ0v) is 20.6. The maximum absolute atomic E-state index is 12.9. The highest BCUT2D eigenvalue weighted by Crippen LogP contribution is 2.23. The molecule has 0 unspecified atom stereocenters. The van der Waals surface area contributed by atoms with Crippen LogP contribution in [0.25, 0.3) is 0 Å². The van der Waals surface area contributed by atoms with Gasteiger partial charge in [-0.25, -0.2) is 13.2 Å². The maximum Gasteiger partial charge on any atom is 0.338 e. The molecule has 2 atom stereocenters. The van der Waals surface area contributed by atoms with Gasteiger partial charge in [0.1, 0.15) is 5.60 Å². The highest BCUT2D eigenvalue weighted by Gasteiger charge is 2.41. The summed E-state index contributed by atoms with van der Waals surface area (Å²) < 4.78 is 35.2. The molecule has 1 N–H and O–H groups in total. The van der Waals surface area contributed by atoms with Gasteiger partial charge in [0.2, 0.25) is 10.0 Å². The number of piperazine rings is 1. The number of ether oxygens (including phenoxy) is 2. The van der Waals surface area contributed by atoms with Crippen LogP contribution >= 0.6 is 0 Å². The van der Waals surface area contributed by atoms with Gasteiger partial charge in [-0.3, -0.25) is 9.59 Å². The van der Waals surface area contributed by atoms with Crippen LogP contribution < -0.4 is 4.90 Å². The van der Waals surface area contributed by atoms with Crippen molar-refractivity contribution in [2.24, 2.45) is 0 Å². The van der Waals surface area contributed by atoms with Crippen molar-refractivity contribution in [3.8, 4) is 0 Å². The number of rotatable bonds is 5. The van der Waals surface area contributed by atoms with E-state index in [4.69, 9.17) is 9.47 Å². The highest BCUT2D eigenvalue weighted by atomic mass is 32.2. The number of aliphatic hydroxyl groups is 1. The molecule has 1 aromatic carbocycles. The van der Waals surface area contributed by atoms with Crippen LogP contribution in [0, 0.1) is 0 Å². The lowest BCUT2D eigenvalue weighted by Gasteiger charge is -2.35. The minimum atomic E-state index is -3.29. The van der Waals surface area contributed by atoms with Crippen molar-refractivity contribution in [2.75, 3.05) is 50.5 Å². The van der Waals surface area contributed by atoms with E-state index in [-0.39, 0.29) is 32.1 Å². The number of esters is 1. The molecule has 3 rings (SSSR count). The number of hydrogen-bond donors (Lipinski definition) is 1. The fourth-order valence-corrected chi connectivity index (χ4v) is 4.59. The smallest absolute Gasteiger partial charge is 0.338 e. The minimum absolute atomic E-state index is 0.113. The first-order valence-corrected chi connectivity index (χ1v) is 12.8. The molecule has 2 fully saturated rings. The quantitative estimate of drug-likeness (QED) is 0.555. The summed E-state index contributed by atoms with van der Waals surface area (Å²) in [6.45, 7) is 6.36. The van der Waals surface area contributed by atoms with Gasteiger partial charge in [-0.05, 0) is 45.0 Å². The second kappa shape index (κ2) is 9.98. The number of anilines is 1. The fraction of sp³-hybridized carbons (Fsp3) is 0.591. The highest BCUT2D eigenvalue weighted by molar-refractivity contribution is 7.88. The topological polar surface area (TPSA) is 134 Å². The zero-order valence-electron chi connectivity index (χ0n) is 19.8. The Bertz CT molecular complexity index is 1030. The Kier molecular flexibility index (Phi) is 7.65. The third-order valence-corrected chi connectivity index (χ3v) is 6.78. The van der Waals surface area contributed by atoms with Crippen molar-refractivity contribution >= 4 is 33.5 Å². The lowest BCUT2D eigenvalue weighted by molar-refractivity contribution is -0.177. The molecule has 0 aromatic heterocycles. The van der Waals surface area contributed by atoms with Crippen LogP contribution in [-0.4, -0.2) is 104 Å². The molecule has 2 aliphatic rings. The lowest BCUT2D eigenvalue weighted by atomic mass is 10.1. The molecule has 0 bridgehead atoms. The van der Waals surface area contributed by atoms with E-state index in [1.807, 2.05) is 0 Å². The van der Waals surface area contributed by atoms with E-state index in [0.717, 1.165) is 6.26 Å². The molecule has 188 valence electrons. The SMILES string of the molecule is CC(C)(C)OC(=O)[C@H](O)[C@H]1OCCN(c2ccc(C(=O)N3CCN(S(C)(=O)=O)CC3)cc2)C1=O. The van der Waals surface area contributed by atoms with Crippen LogP contribution in [-0.2, 0) is 29.1 Å². The van der Waals surface area contributed by atoms with Crippen molar-refractivity contribution in [1.29, 1.82) is 0 Å². The van der Waals surface area contributed by atoms with E-state index < -0.39 is 39.7 Å². The molecule has 0 aliphatic carbocycles. The first-order chi connectivity index (χ1) is 15.8. The predicted octanol–water partition coefficient (Wildman–Crippen LogP) is -0.162. The minimum Gasteiger partial charge on any atom is -0.458 e. The number of hydrogen-bond acceptors (Lipinski definition) is 8. The van der Waals surface area contributed by atoms with Crippen molar-refractivity contribution in [1.82, 2.24) is 9.21 Å². The van der Waals surface area contributed by atoms with E-state index in [9.17, 15) is 27.9 Å². The van der Waals surface area contributed by atoms with Crippen LogP contribution in [0.4, 0.5) is 5.69 Å². The van der Waals surface area contributed by atoms with Crippen molar-refractivity contribution in [3.63, 3.8) is 0 Å². The van der Waals surface area contributed by atoms with Crippen molar-refractivity contribution < 1.29 is 37.4 Å². The third kappa shape index (κ3) is 6.12. The van der Waals surface area contributed by atoms with Gasteiger partial charge < -0.3 is 24.4 Å². The van der Waals surface area contributed by atoms with Crippen molar-refractivity contribution in [3.05, 3.63) is 29.8 Å². The van der Waals surface area contributed by atoms with Crippen LogP contribution in [0.15, 0.2) is 24.3 Å². The lowest BCUT2D eigenvalue weighted by Crippen LogP contribution is -2.55. The largest absolute Gasteiger partial charge is 0.458 e. The number of amides is 2. The first-order valence-electron chi connectivity index (χ1n) is 11.0. The number of carbonyl (C=O) groups is 3. The van der Waals surface area contributed by atoms with Gasteiger partial charge in [-0.1, -0.05) is 0 Å². The summed E-state index contributed by atoms with van der Waals surface area (Å²) in [7, 11) is -3.29. The Labute approximate surface area is 199 Å². The van der Waals surface area contributed by atoms with Crippen LogP contribution in [0.3, 0.4) is 0 Å². The van der Waals surface area contributed by atoms with Gasteiger partial charge in [-0.2, -0.15) is 4.31 Å². The Morgan fingerprint density at radius 3 is 2.21 bits per heavy atom. The van der Waals surface area contributed by atoms with E-state index in [2.05, 4.69) is 0 Å². The van der Waals surface area contributed by atoms with Gasteiger partial charge in [0.05, 0.1) is 12.9 Å². The molecule has 12 heteroatoms. The monoisotopic (exact) mass is 497 g/mol. The molecular formula is C22H31N3O8S. The predicted molar refractivity (Wildman–Crippen MR) is 123 cm³/mol. The molecule has 0 spiro atoms. The third-order valence-electron chi connectivity index (χ3n) is 5.48. The summed E-state index contributed by atoms with van der Waals surface area (Å²) in [6.07, 6.45) is -2.01. The average Bonchev–Trinajstić information content (AvgIpc) is 2.77. The average molecular weight is 498 g/mol. The van der Waals surface area contributed by atoms with E-state index >= 15 is 0 Å². The Balaban J connectivity index is 1.65. The number of morpholine rings is 1. The number of carbonyl (C=O) groups excluding carboxylic acids is 3. The van der Waals surface area contributed by atoms with Gasteiger partial charge in [0.15, 0.2) is 12.2 Å². The van der Waals surface area contributed by atoms with Crippen molar-refractivity contribution in [2.45, 2.75) is 38.6 Å². The molecule has 0 radical (unpaired) electrons. The van der Waals surface area contributed by atoms with E-state index in [1.165, 1.54) is 9.21 Å². The van der Waals surface area contributed by atoms with Crippen LogP contribution in [0.2, 0.25) is 0 Å². The standard InChI is InChI=1S/C22H31N3O8S/c1-22(2,3)33-21(29)17(26)18-20(28)25(13-14-32-18)16-7-5-15(6-8-16)19(27)23-9-11-24(12-10-23)34(4,30)31/h5-8,17-18,26H,9-14H2,1-4H3/t17-,18-/m1/s1. The van der Waals surface area contributed by atoms with Gasteiger partial charge in [0.25, 0.3) is 11.8 Å². The molecular weight excluding hydrogens is 466 g/mol. The maximum atomic E-state index is 12.9. The van der Waals surface area contributed by atoms with Gasteiger partial charge >= 0.3 is 5.97 Å². The molecule has 2 amide bonds. The number of sulfonamides is 1. The van der Waals surface area contributed by atoms with Gasteiger partial charge in [0, 0.05) is 44.0 Å². The Hall–Kier alpha value is -2.54. The van der Waals surface area contributed by atoms with E-state index in [1.54, 1.807) is 49.9 Å². The number of benzene rings is 1. The molecule has 2 heterocycles. The van der Waals surface area contributed by atoms with Crippen LogP contribution in [0.5, 0.6) is 0 Å². The van der Waals surface area contributed by atoms with Crippen LogP contribution in [0.1, 0.15) is 31.1 Å². The molecule has 1 aromatic rings. The summed E-state index contributed by atoms with van der Waals surface area (Å²) in [4.78, 5) is 40.9. The van der Waals surface area contributed by atoms with Gasteiger partial charge in [-0.15, -0.1) is 0 Å². The molecule has 11 nitrogen and oxygen atoms in total. The summed E-state index contributed by atoms with van der Waals surface area (Å²) >= 11 is 0. The summed E-state index contributed by atoms with van der Waals surface area (Å²) in [5, 5.41) is 10.3. The molecule has 34 heavy (non-hydrogen) atoms. The van der Waals surface area contributed by atoms with E-state index in [0.29, 0.717) is 24.3 Å².